The van der Waals surface area contributed by atoms with Crippen LogP contribution in [0.15, 0.2) is 53.1 Å². The van der Waals surface area contributed by atoms with Gasteiger partial charge in [-0.05, 0) is 55.5 Å². The quantitative estimate of drug-likeness (QED) is 0.761. The van der Waals surface area contributed by atoms with Crippen LogP contribution in [0, 0.1) is 13.8 Å². The molecule has 4 nitrogen and oxygen atoms in total. The minimum Gasteiger partial charge on any atom is -0.444 e. The summed E-state index contributed by atoms with van der Waals surface area (Å²) in [6.07, 6.45) is 3.46. The minimum atomic E-state index is -0.0788. The Morgan fingerprint density at radius 2 is 2.04 bits per heavy atom. The van der Waals surface area contributed by atoms with Gasteiger partial charge >= 0.3 is 0 Å². The van der Waals surface area contributed by atoms with Gasteiger partial charge in [0.05, 0.1) is 11.6 Å². The van der Waals surface area contributed by atoms with Crippen molar-refractivity contribution >= 4 is 11.6 Å². The SMILES string of the molecule is Cc1coc(-c2cc(NC(=O)[C@H]3CCc4ccccc43)ccc2C)n1. The number of carbonyl (C=O) groups is 1. The van der Waals surface area contributed by atoms with Gasteiger partial charge in [0.1, 0.15) is 6.26 Å². The first-order valence-electron chi connectivity index (χ1n) is 8.53. The summed E-state index contributed by atoms with van der Waals surface area (Å²) in [5.74, 6) is 0.547. The number of benzene rings is 2. The molecular weight excluding hydrogens is 312 g/mol. The van der Waals surface area contributed by atoms with Gasteiger partial charge in [0.2, 0.25) is 11.8 Å². The third-order valence-corrected chi connectivity index (χ3v) is 4.80. The summed E-state index contributed by atoms with van der Waals surface area (Å²) in [6, 6.07) is 14.0. The Hall–Kier alpha value is -2.88. The van der Waals surface area contributed by atoms with Crippen molar-refractivity contribution in [1.29, 1.82) is 0 Å². The number of anilines is 1. The Bertz CT molecular complexity index is 943. The molecule has 0 fully saturated rings. The van der Waals surface area contributed by atoms with Crippen LogP contribution in [0.3, 0.4) is 0 Å². The number of oxazole rings is 1. The third kappa shape index (κ3) is 2.95. The van der Waals surface area contributed by atoms with E-state index in [-0.39, 0.29) is 11.8 Å². The van der Waals surface area contributed by atoms with Gasteiger partial charge in [0.15, 0.2) is 0 Å². The number of hydrogen-bond acceptors (Lipinski definition) is 3. The molecule has 0 saturated carbocycles. The van der Waals surface area contributed by atoms with Gasteiger partial charge in [-0.1, -0.05) is 30.3 Å². The number of carbonyl (C=O) groups excluding carboxylic acids is 1. The van der Waals surface area contributed by atoms with E-state index in [1.165, 1.54) is 5.56 Å². The van der Waals surface area contributed by atoms with Crippen molar-refractivity contribution in [2.24, 2.45) is 0 Å². The monoisotopic (exact) mass is 332 g/mol. The predicted molar refractivity (Wildman–Crippen MR) is 97.5 cm³/mol. The summed E-state index contributed by atoms with van der Waals surface area (Å²) in [6.45, 7) is 3.90. The van der Waals surface area contributed by atoms with E-state index >= 15 is 0 Å². The fraction of sp³-hybridized carbons (Fsp3) is 0.238. The first-order valence-corrected chi connectivity index (χ1v) is 8.53. The second-order valence-electron chi connectivity index (χ2n) is 6.60. The summed E-state index contributed by atoms with van der Waals surface area (Å²) in [4.78, 5) is 17.2. The van der Waals surface area contributed by atoms with E-state index in [2.05, 4.69) is 22.4 Å². The molecular formula is C21H20N2O2. The zero-order valence-electron chi connectivity index (χ0n) is 14.4. The maximum atomic E-state index is 12.8. The van der Waals surface area contributed by atoms with Gasteiger partial charge in [0.25, 0.3) is 0 Å². The standard InChI is InChI=1S/C21H20N2O2/c1-13-7-9-16(11-19(13)21-22-14(2)12-25-21)23-20(24)18-10-8-15-5-3-4-6-17(15)18/h3-7,9,11-12,18H,8,10H2,1-2H3,(H,23,24)/t18-/m0/s1. The average molecular weight is 332 g/mol. The molecule has 1 atom stereocenters. The van der Waals surface area contributed by atoms with Crippen LogP contribution in [-0.4, -0.2) is 10.9 Å². The predicted octanol–water partition coefficient (Wildman–Crippen LogP) is 4.63. The molecule has 0 radical (unpaired) electrons. The number of rotatable bonds is 3. The number of aryl methyl sites for hydroxylation is 3. The van der Waals surface area contributed by atoms with Crippen LogP contribution in [0.4, 0.5) is 5.69 Å². The fourth-order valence-electron chi connectivity index (χ4n) is 3.47. The first-order chi connectivity index (χ1) is 12.1. The highest BCUT2D eigenvalue weighted by molar-refractivity contribution is 5.97. The van der Waals surface area contributed by atoms with Crippen molar-refractivity contribution in [3.8, 4) is 11.5 Å². The van der Waals surface area contributed by atoms with Gasteiger partial charge in [-0.25, -0.2) is 4.98 Å². The third-order valence-electron chi connectivity index (χ3n) is 4.80. The maximum Gasteiger partial charge on any atom is 0.231 e. The smallest absolute Gasteiger partial charge is 0.231 e. The van der Waals surface area contributed by atoms with Crippen LogP contribution in [-0.2, 0) is 11.2 Å². The molecule has 0 spiro atoms. The summed E-state index contributed by atoms with van der Waals surface area (Å²) >= 11 is 0. The summed E-state index contributed by atoms with van der Waals surface area (Å²) < 4.78 is 5.51. The highest BCUT2D eigenvalue weighted by Gasteiger charge is 2.28. The highest BCUT2D eigenvalue weighted by Crippen LogP contribution is 2.34. The summed E-state index contributed by atoms with van der Waals surface area (Å²) in [5, 5.41) is 3.06. The zero-order valence-corrected chi connectivity index (χ0v) is 14.4. The van der Waals surface area contributed by atoms with Crippen molar-refractivity contribution in [1.82, 2.24) is 4.98 Å². The Kier molecular flexibility index (Phi) is 3.88. The van der Waals surface area contributed by atoms with E-state index in [1.54, 1.807) is 6.26 Å². The van der Waals surface area contributed by atoms with Gasteiger partial charge in [0, 0.05) is 11.3 Å². The number of nitrogens with zero attached hydrogens (tertiary/aromatic N) is 1. The number of amides is 1. The van der Waals surface area contributed by atoms with Crippen LogP contribution in [0.25, 0.3) is 11.5 Å². The van der Waals surface area contributed by atoms with Gasteiger partial charge < -0.3 is 9.73 Å². The molecule has 0 saturated heterocycles. The Morgan fingerprint density at radius 3 is 2.84 bits per heavy atom. The fourth-order valence-corrected chi connectivity index (χ4v) is 3.47. The normalized spacial score (nSPS) is 15.8. The molecule has 126 valence electrons. The molecule has 4 heteroatoms. The lowest BCUT2D eigenvalue weighted by atomic mass is 10.00. The number of aromatic nitrogens is 1. The van der Waals surface area contributed by atoms with E-state index in [1.807, 2.05) is 44.2 Å². The van der Waals surface area contributed by atoms with Crippen LogP contribution < -0.4 is 5.32 Å². The average Bonchev–Trinajstić information content (AvgIpc) is 3.23. The molecule has 0 bridgehead atoms. The van der Waals surface area contributed by atoms with Gasteiger partial charge in [-0.3, -0.25) is 4.79 Å². The topological polar surface area (TPSA) is 55.1 Å². The molecule has 1 aliphatic rings. The number of fused-ring (bicyclic) bond motifs is 1. The molecule has 1 heterocycles. The second-order valence-corrected chi connectivity index (χ2v) is 6.60. The van der Waals surface area contributed by atoms with E-state index in [0.29, 0.717) is 5.89 Å². The maximum absolute atomic E-state index is 12.8. The Balaban J connectivity index is 1.58. The highest BCUT2D eigenvalue weighted by atomic mass is 16.3. The van der Waals surface area contributed by atoms with Crippen molar-refractivity contribution in [3.05, 3.63) is 71.1 Å². The molecule has 4 rings (SSSR count). The van der Waals surface area contributed by atoms with Crippen LogP contribution in [0.1, 0.15) is 34.7 Å². The molecule has 1 aromatic heterocycles. The lowest BCUT2D eigenvalue weighted by Crippen LogP contribution is -2.19. The lowest BCUT2D eigenvalue weighted by Gasteiger charge is -2.13. The summed E-state index contributed by atoms with van der Waals surface area (Å²) in [7, 11) is 0. The minimum absolute atomic E-state index is 0.0448. The zero-order chi connectivity index (χ0) is 17.4. The molecule has 3 aromatic rings. The molecule has 1 N–H and O–H groups in total. The molecule has 0 aliphatic heterocycles. The molecule has 1 aliphatic carbocycles. The second kappa shape index (κ2) is 6.20. The number of nitrogens with one attached hydrogen (secondary N) is 1. The van der Waals surface area contributed by atoms with Crippen LogP contribution in [0.5, 0.6) is 0 Å². The van der Waals surface area contributed by atoms with Gasteiger partial charge in [-0.2, -0.15) is 0 Å². The molecule has 0 unspecified atom stereocenters. The van der Waals surface area contributed by atoms with Crippen molar-refractivity contribution in [2.75, 3.05) is 5.32 Å². The summed E-state index contributed by atoms with van der Waals surface area (Å²) in [5.41, 5.74) is 6.00. The Labute approximate surface area is 146 Å². The lowest BCUT2D eigenvalue weighted by molar-refractivity contribution is -0.117. The van der Waals surface area contributed by atoms with Crippen molar-refractivity contribution in [2.45, 2.75) is 32.6 Å². The van der Waals surface area contributed by atoms with E-state index in [4.69, 9.17) is 4.42 Å². The van der Waals surface area contributed by atoms with Crippen molar-refractivity contribution in [3.63, 3.8) is 0 Å². The van der Waals surface area contributed by atoms with E-state index in [9.17, 15) is 4.79 Å². The first kappa shape index (κ1) is 15.6. The molecule has 2 aromatic carbocycles. The van der Waals surface area contributed by atoms with Crippen LogP contribution >= 0.6 is 0 Å². The molecule has 25 heavy (non-hydrogen) atoms. The molecule has 1 amide bonds. The Morgan fingerprint density at radius 1 is 1.20 bits per heavy atom. The van der Waals surface area contributed by atoms with Gasteiger partial charge in [-0.15, -0.1) is 0 Å². The van der Waals surface area contributed by atoms with E-state index < -0.39 is 0 Å². The number of hydrogen-bond donors (Lipinski definition) is 1. The van der Waals surface area contributed by atoms with Crippen molar-refractivity contribution < 1.29 is 9.21 Å². The van der Waals surface area contributed by atoms with E-state index in [0.717, 1.165) is 40.9 Å². The van der Waals surface area contributed by atoms with Crippen LogP contribution in [0.2, 0.25) is 0 Å². The largest absolute Gasteiger partial charge is 0.444 e.